The predicted molar refractivity (Wildman–Crippen MR) is 55.7 cm³/mol. The Morgan fingerprint density at radius 1 is 1.36 bits per heavy atom. The van der Waals surface area contributed by atoms with E-state index >= 15 is 0 Å². The first-order valence-electron chi connectivity index (χ1n) is 4.68. The summed E-state index contributed by atoms with van der Waals surface area (Å²) in [5.41, 5.74) is 7.55. The largest absolute Gasteiger partial charge is 0.344 e. The fourth-order valence-corrected chi connectivity index (χ4v) is 1.79. The molecular weight excluding hydrogens is 179 g/mol. The molecule has 1 aromatic heterocycles. The van der Waals surface area contributed by atoms with E-state index in [4.69, 9.17) is 5.73 Å². The highest BCUT2D eigenvalue weighted by Gasteiger charge is 2.05. The van der Waals surface area contributed by atoms with E-state index in [1.54, 1.807) is 12.1 Å². The van der Waals surface area contributed by atoms with E-state index in [0.29, 0.717) is 6.54 Å². The van der Waals surface area contributed by atoms with E-state index in [0.717, 1.165) is 23.1 Å². The van der Waals surface area contributed by atoms with Gasteiger partial charge in [-0.2, -0.15) is 0 Å². The number of nitrogens with two attached hydrogens (primary N) is 1. The first-order chi connectivity index (χ1) is 6.72. The zero-order chi connectivity index (χ0) is 10.1. The summed E-state index contributed by atoms with van der Waals surface area (Å²) in [5, 5.41) is 1.07. The summed E-state index contributed by atoms with van der Waals surface area (Å²) in [5.74, 6) is -0.200. The van der Waals surface area contributed by atoms with Gasteiger partial charge in [0.05, 0.1) is 5.52 Å². The first kappa shape index (κ1) is 9.21. The molecule has 14 heavy (non-hydrogen) atoms. The highest BCUT2D eigenvalue weighted by atomic mass is 19.1. The molecule has 0 atom stereocenters. The second kappa shape index (κ2) is 3.42. The highest BCUT2D eigenvalue weighted by Crippen LogP contribution is 2.20. The number of hydrogen-bond donors (Lipinski definition) is 1. The number of aromatic nitrogens is 1. The van der Waals surface area contributed by atoms with Gasteiger partial charge in [0.2, 0.25) is 0 Å². The van der Waals surface area contributed by atoms with E-state index in [1.165, 1.54) is 6.07 Å². The topological polar surface area (TPSA) is 30.9 Å². The Morgan fingerprint density at radius 2 is 2.14 bits per heavy atom. The summed E-state index contributed by atoms with van der Waals surface area (Å²) in [6.07, 6.45) is 0. The number of hydrogen-bond acceptors (Lipinski definition) is 1. The van der Waals surface area contributed by atoms with Crippen molar-refractivity contribution < 1.29 is 4.39 Å². The summed E-state index contributed by atoms with van der Waals surface area (Å²) in [7, 11) is 0. The summed E-state index contributed by atoms with van der Waals surface area (Å²) in [6.45, 7) is 3.31. The summed E-state index contributed by atoms with van der Waals surface area (Å²) in [6, 6.07) is 6.88. The van der Waals surface area contributed by atoms with Gasteiger partial charge in [-0.15, -0.1) is 0 Å². The van der Waals surface area contributed by atoms with E-state index in [1.807, 2.05) is 17.6 Å². The summed E-state index contributed by atoms with van der Waals surface area (Å²) < 4.78 is 15.1. The van der Waals surface area contributed by atoms with Crippen LogP contribution in [0, 0.1) is 12.7 Å². The molecule has 2 nitrogen and oxygen atoms in total. The van der Waals surface area contributed by atoms with Crippen LogP contribution in [0.4, 0.5) is 4.39 Å². The fourth-order valence-electron chi connectivity index (χ4n) is 1.79. The average Bonchev–Trinajstić information content (AvgIpc) is 2.45. The lowest BCUT2D eigenvalue weighted by Crippen LogP contribution is -2.10. The van der Waals surface area contributed by atoms with Gasteiger partial charge in [-0.1, -0.05) is 0 Å². The van der Waals surface area contributed by atoms with Gasteiger partial charge in [0, 0.05) is 24.2 Å². The SMILES string of the molecule is Cc1cc2ccc(F)cc2n1CCN. The van der Waals surface area contributed by atoms with E-state index in [9.17, 15) is 4.39 Å². The zero-order valence-corrected chi connectivity index (χ0v) is 8.13. The monoisotopic (exact) mass is 192 g/mol. The van der Waals surface area contributed by atoms with Gasteiger partial charge in [0.25, 0.3) is 0 Å². The smallest absolute Gasteiger partial charge is 0.125 e. The Bertz CT molecular complexity index is 460. The van der Waals surface area contributed by atoms with Crippen LogP contribution in [0.15, 0.2) is 24.3 Å². The van der Waals surface area contributed by atoms with Crippen molar-refractivity contribution in [3.63, 3.8) is 0 Å². The minimum Gasteiger partial charge on any atom is -0.344 e. The first-order valence-corrected chi connectivity index (χ1v) is 4.68. The molecule has 0 aliphatic carbocycles. The molecule has 0 radical (unpaired) electrons. The van der Waals surface area contributed by atoms with Crippen LogP contribution in [0.2, 0.25) is 0 Å². The minimum absolute atomic E-state index is 0.200. The minimum atomic E-state index is -0.200. The molecule has 1 aromatic carbocycles. The zero-order valence-electron chi connectivity index (χ0n) is 8.13. The Labute approximate surface area is 82.1 Å². The summed E-state index contributed by atoms with van der Waals surface area (Å²) >= 11 is 0. The van der Waals surface area contributed by atoms with Gasteiger partial charge in [-0.3, -0.25) is 0 Å². The third-order valence-electron chi connectivity index (χ3n) is 2.43. The van der Waals surface area contributed by atoms with Crippen LogP contribution in [0.3, 0.4) is 0 Å². The van der Waals surface area contributed by atoms with Crippen LogP contribution in [0.25, 0.3) is 10.9 Å². The third kappa shape index (κ3) is 1.40. The maximum absolute atomic E-state index is 13.0. The van der Waals surface area contributed by atoms with Crippen LogP contribution in [0.1, 0.15) is 5.69 Å². The predicted octanol–water partition coefficient (Wildman–Crippen LogP) is 2.05. The van der Waals surface area contributed by atoms with Crippen molar-refractivity contribution in [2.45, 2.75) is 13.5 Å². The van der Waals surface area contributed by atoms with Gasteiger partial charge in [-0.05, 0) is 31.2 Å². The lowest BCUT2D eigenvalue weighted by atomic mass is 10.2. The molecule has 1 heterocycles. The third-order valence-corrected chi connectivity index (χ3v) is 2.43. The van der Waals surface area contributed by atoms with E-state index in [-0.39, 0.29) is 5.82 Å². The maximum Gasteiger partial charge on any atom is 0.125 e. The molecule has 0 saturated carbocycles. The second-order valence-corrected chi connectivity index (χ2v) is 3.43. The number of halogens is 1. The molecule has 0 bridgehead atoms. The number of rotatable bonds is 2. The molecule has 0 spiro atoms. The lowest BCUT2D eigenvalue weighted by molar-refractivity contribution is 0.627. The molecule has 2 aromatic rings. The van der Waals surface area contributed by atoms with E-state index < -0.39 is 0 Å². The molecule has 2 rings (SSSR count). The molecular formula is C11H13FN2. The molecule has 0 aliphatic rings. The summed E-state index contributed by atoms with van der Waals surface area (Å²) in [4.78, 5) is 0. The number of benzene rings is 1. The lowest BCUT2D eigenvalue weighted by Gasteiger charge is -2.05. The number of aryl methyl sites for hydroxylation is 1. The Hall–Kier alpha value is -1.35. The molecule has 3 heteroatoms. The van der Waals surface area contributed by atoms with Gasteiger partial charge in [-0.25, -0.2) is 4.39 Å². The molecule has 74 valence electrons. The Morgan fingerprint density at radius 3 is 2.86 bits per heavy atom. The van der Waals surface area contributed by atoms with Crippen LogP contribution >= 0.6 is 0 Å². The standard InChI is InChI=1S/C11H13FN2/c1-8-6-9-2-3-10(12)7-11(9)14(8)5-4-13/h2-3,6-7H,4-5,13H2,1H3. The van der Waals surface area contributed by atoms with Crippen LogP contribution in [0.5, 0.6) is 0 Å². The normalized spacial score (nSPS) is 11.1. The second-order valence-electron chi connectivity index (χ2n) is 3.43. The van der Waals surface area contributed by atoms with Crippen molar-refractivity contribution in [1.82, 2.24) is 4.57 Å². The van der Waals surface area contributed by atoms with Gasteiger partial charge < -0.3 is 10.3 Å². The van der Waals surface area contributed by atoms with Crippen LogP contribution in [-0.2, 0) is 6.54 Å². The number of fused-ring (bicyclic) bond motifs is 1. The molecule has 0 amide bonds. The molecule has 0 unspecified atom stereocenters. The Balaban J connectivity index is 2.66. The highest BCUT2D eigenvalue weighted by molar-refractivity contribution is 5.81. The van der Waals surface area contributed by atoms with Crippen molar-refractivity contribution in [2.24, 2.45) is 5.73 Å². The van der Waals surface area contributed by atoms with Gasteiger partial charge in [0.1, 0.15) is 5.82 Å². The average molecular weight is 192 g/mol. The maximum atomic E-state index is 13.0. The molecule has 0 saturated heterocycles. The fraction of sp³-hybridized carbons (Fsp3) is 0.273. The molecule has 2 N–H and O–H groups in total. The van der Waals surface area contributed by atoms with E-state index in [2.05, 4.69) is 0 Å². The molecule has 0 aliphatic heterocycles. The van der Waals surface area contributed by atoms with Crippen molar-refractivity contribution in [3.05, 3.63) is 35.8 Å². The quantitative estimate of drug-likeness (QED) is 0.775. The van der Waals surface area contributed by atoms with Crippen molar-refractivity contribution in [2.75, 3.05) is 6.54 Å². The van der Waals surface area contributed by atoms with Crippen molar-refractivity contribution in [3.8, 4) is 0 Å². The van der Waals surface area contributed by atoms with Gasteiger partial charge >= 0.3 is 0 Å². The van der Waals surface area contributed by atoms with Gasteiger partial charge in [0.15, 0.2) is 0 Å². The van der Waals surface area contributed by atoms with Crippen molar-refractivity contribution >= 4 is 10.9 Å². The number of nitrogens with zero attached hydrogens (tertiary/aromatic N) is 1. The van der Waals surface area contributed by atoms with Crippen molar-refractivity contribution in [1.29, 1.82) is 0 Å². The van der Waals surface area contributed by atoms with Crippen LogP contribution in [-0.4, -0.2) is 11.1 Å². The Kier molecular flexibility index (Phi) is 2.25. The molecule has 0 fully saturated rings. The van der Waals surface area contributed by atoms with Crippen LogP contribution < -0.4 is 5.73 Å².